The quantitative estimate of drug-likeness (QED) is 0.845. The van der Waals surface area contributed by atoms with Gasteiger partial charge in [-0.15, -0.1) is 0 Å². The molecule has 3 heteroatoms. The van der Waals surface area contributed by atoms with Crippen LogP contribution in [0.25, 0.3) is 10.9 Å². The Morgan fingerprint density at radius 1 is 1.35 bits per heavy atom. The first kappa shape index (κ1) is 10.5. The Balaban J connectivity index is 1.93. The highest BCUT2D eigenvalue weighted by atomic mass is 16.1. The van der Waals surface area contributed by atoms with E-state index in [0.717, 1.165) is 29.1 Å². The highest BCUT2D eigenvalue weighted by Crippen LogP contribution is 2.20. The maximum Gasteiger partial charge on any atom is 0.251 e. The van der Waals surface area contributed by atoms with Gasteiger partial charge in [-0.05, 0) is 48.9 Å². The Morgan fingerprint density at radius 3 is 2.94 bits per heavy atom. The second-order valence-electron chi connectivity index (χ2n) is 4.86. The maximum absolute atomic E-state index is 11.5. The van der Waals surface area contributed by atoms with Crippen LogP contribution in [-0.2, 0) is 6.54 Å². The summed E-state index contributed by atoms with van der Waals surface area (Å²) in [6.07, 6.45) is 2.61. The summed E-state index contributed by atoms with van der Waals surface area (Å²) in [6.45, 7) is 2.76. The molecule has 1 aromatic heterocycles. The van der Waals surface area contributed by atoms with E-state index in [-0.39, 0.29) is 5.56 Å². The van der Waals surface area contributed by atoms with E-state index in [1.165, 1.54) is 18.4 Å². The van der Waals surface area contributed by atoms with E-state index < -0.39 is 0 Å². The van der Waals surface area contributed by atoms with Gasteiger partial charge in [0.05, 0.1) is 0 Å². The Kier molecular flexibility index (Phi) is 2.48. The zero-order chi connectivity index (χ0) is 11.8. The van der Waals surface area contributed by atoms with Gasteiger partial charge >= 0.3 is 0 Å². The van der Waals surface area contributed by atoms with Gasteiger partial charge in [-0.25, -0.2) is 0 Å². The molecule has 0 saturated heterocycles. The molecule has 0 unspecified atom stereocenters. The number of aryl methyl sites for hydroxylation is 1. The molecule has 1 aliphatic carbocycles. The van der Waals surface area contributed by atoms with Gasteiger partial charge in [-0.1, -0.05) is 6.07 Å². The molecule has 1 aliphatic rings. The fraction of sp³-hybridized carbons (Fsp3) is 0.357. The Morgan fingerprint density at radius 2 is 2.18 bits per heavy atom. The number of hydrogen-bond donors (Lipinski definition) is 2. The fourth-order valence-electron chi connectivity index (χ4n) is 2.02. The lowest BCUT2D eigenvalue weighted by atomic mass is 10.1. The minimum Gasteiger partial charge on any atom is -0.322 e. The van der Waals surface area contributed by atoms with E-state index in [9.17, 15) is 4.79 Å². The van der Waals surface area contributed by atoms with E-state index in [0.29, 0.717) is 0 Å². The number of H-pyrrole nitrogens is 1. The van der Waals surface area contributed by atoms with Gasteiger partial charge in [-0.3, -0.25) is 4.79 Å². The van der Waals surface area contributed by atoms with Crippen molar-refractivity contribution in [3.8, 4) is 0 Å². The largest absolute Gasteiger partial charge is 0.322 e. The zero-order valence-corrected chi connectivity index (χ0v) is 9.92. The molecule has 3 nitrogen and oxygen atoms in total. The van der Waals surface area contributed by atoms with E-state index in [4.69, 9.17) is 0 Å². The van der Waals surface area contributed by atoms with Gasteiger partial charge in [0.15, 0.2) is 0 Å². The summed E-state index contributed by atoms with van der Waals surface area (Å²) in [5, 5.41) is 4.60. The van der Waals surface area contributed by atoms with E-state index in [1.807, 2.05) is 19.1 Å². The van der Waals surface area contributed by atoms with E-state index in [2.05, 4.69) is 22.4 Å². The predicted octanol–water partition coefficient (Wildman–Crippen LogP) is 2.09. The Hall–Kier alpha value is -1.61. The average molecular weight is 228 g/mol. The van der Waals surface area contributed by atoms with Crippen molar-refractivity contribution >= 4 is 10.9 Å². The summed E-state index contributed by atoms with van der Waals surface area (Å²) in [5.74, 6) is 0. The number of aromatic amines is 1. The maximum atomic E-state index is 11.5. The molecule has 0 amide bonds. The topological polar surface area (TPSA) is 44.9 Å². The van der Waals surface area contributed by atoms with Crippen LogP contribution in [0.5, 0.6) is 0 Å². The highest BCUT2D eigenvalue weighted by molar-refractivity contribution is 5.79. The number of rotatable bonds is 3. The molecular formula is C14H16N2O. The van der Waals surface area contributed by atoms with Gasteiger partial charge in [0.2, 0.25) is 0 Å². The number of fused-ring (bicyclic) bond motifs is 1. The number of pyridine rings is 1. The molecular weight excluding hydrogens is 212 g/mol. The molecule has 1 aromatic carbocycles. The first-order chi connectivity index (χ1) is 8.22. The van der Waals surface area contributed by atoms with Crippen LogP contribution in [-0.4, -0.2) is 11.0 Å². The third kappa shape index (κ3) is 2.24. The van der Waals surface area contributed by atoms with Crippen molar-refractivity contribution in [3.63, 3.8) is 0 Å². The molecule has 88 valence electrons. The molecule has 2 N–H and O–H groups in total. The van der Waals surface area contributed by atoms with Crippen molar-refractivity contribution in [2.24, 2.45) is 0 Å². The predicted molar refractivity (Wildman–Crippen MR) is 69.2 cm³/mol. The van der Waals surface area contributed by atoms with Crippen molar-refractivity contribution in [2.45, 2.75) is 32.4 Å². The summed E-state index contributed by atoms with van der Waals surface area (Å²) in [7, 11) is 0. The summed E-state index contributed by atoms with van der Waals surface area (Å²) in [5.41, 5.74) is 2.96. The van der Waals surface area contributed by atoms with Crippen molar-refractivity contribution in [1.29, 1.82) is 0 Å². The lowest BCUT2D eigenvalue weighted by molar-refractivity contribution is 0.688. The SMILES string of the molecule is Cc1cc2cc(CNC3CC3)ccc2[nH]c1=O. The minimum absolute atomic E-state index is 0.00126. The minimum atomic E-state index is 0.00126. The molecule has 3 rings (SSSR count). The molecule has 0 bridgehead atoms. The molecule has 0 spiro atoms. The van der Waals surface area contributed by atoms with Crippen molar-refractivity contribution in [2.75, 3.05) is 0 Å². The fourth-order valence-corrected chi connectivity index (χ4v) is 2.02. The number of aromatic nitrogens is 1. The molecule has 0 atom stereocenters. The molecule has 1 fully saturated rings. The Labute approximate surface area is 99.9 Å². The van der Waals surface area contributed by atoms with Crippen LogP contribution in [0, 0.1) is 6.92 Å². The standard InChI is InChI=1S/C14H16N2O/c1-9-6-11-7-10(8-15-12-3-4-12)2-5-13(11)16-14(9)17/h2,5-7,12,15H,3-4,8H2,1H3,(H,16,17). The van der Waals surface area contributed by atoms with Crippen LogP contribution in [0.1, 0.15) is 24.0 Å². The molecule has 1 saturated carbocycles. The van der Waals surface area contributed by atoms with E-state index >= 15 is 0 Å². The highest BCUT2D eigenvalue weighted by Gasteiger charge is 2.19. The number of nitrogens with one attached hydrogen (secondary N) is 2. The van der Waals surface area contributed by atoms with Crippen molar-refractivity contribution in [1.82, 2.24) is 10.3 Å². The van der Waals surface area contributed by atoms with Crippen LogP contribution in [0.15, 0.2) is 29.1 Å². The second kappa shape index (κ2) is 4.00. The smallest absolute Gasteiger partial charge is 0.251 e. The summed E-state index contributed by atoms with van der Waals surface area (Å²) in [6, 6.07) is 8.88. The third-order valence-electron chi connectivity index (χ3n) is 3.27. The van der Waals surface area contributed by atoms with Crippen LogP contribution in [0.4, 0.5) is 0 Å². The van der Waals surface area contributed by atoms with Gasteiger partial charge in [-0.2, -0.15) is 0 Å². The van der Waals surface area contributed by atoms with Gasteiger partial charge in [0.25, 0.3) is 5.56 Å². The van der Waals surface area contributed by atoms with Crippen LogP contribution in [0.3, 0.4) is 0 Å². The number of benzene rings is 1. The first-order valence-corrected chi connectivity index (χ1v) is 6.08. The Bertz CT molecular complexity index is 611. The summed E-state index contributed by atoms with van der Waals surface area (Å²) < 4.78 is 0. The van der Waals surface area contributed by atoms with Gasteiger partial charge < -0.3 is 10.3 Å². The molecule has 2 aromatic rings. The summed E-state index contributed by atoms with van der Waals surface area (Å²) in [4.78, 5) is 14.4. The van der Waals surface area contributed by atoms with Crippen LogP contribution < -0.4 is 10.9 Å². The monoisotopic (exact) mass is 228 g/mol. The summed E-state index contributed by atoms with van der Waals surface area (Å²) >= 11 is 0. The lowest BCUT2D eigenvalue weighted by Crippen LogP contribution is -2.15. The molecule has 1 heterocycles. The normalized spacial score (nSPS) is 15.4. The number of hydrogen-bond acceptors (Lipinski definition) is 2. The second-order valence-corrected chi connectivity index (χ2v) is 4.86. The average Bonchev–Trinajstić information content (AvgIpc) is 3.12. The van der Waals surface area contributed by atoms with Crippen molar-refractivity contribution in [3.05, 3.63) is 45.7 Å². The molecule has 17 heavy (non-hydrogen) atoms. The van der Waals surface area contributed by atoms with Gasteiger partial charge in [0.1, 0.15) is 0 Å². The zero-order valence-electron chi connectivity index (χ0n) is 9.92. The lowest BCUT2D eigenvalue weighted by Gasteiger charge is -2.05. The van der Waals surface area contributed by atoms with Crippen LogP contribution >= 0.6 is 0 Å². The first-order valence-electron chi connectivity index (χ1n) is 6.08. The third-order valence-corrected chi connectivity index (χ3v) is 3.27. The molecule has 0 aliphatic heterocycles. The van der Waals surface area contributed by atoms with Crippen LogP contribution in [0.2, 0.25) is 0 Å². The van der Waals surface area contributed by atoms with Crippen molar-refractivity contribution < 1.29 is 0 Å². The molecule has 0 radical (unpaired) electrons. The van der Waals surface area contributed by atoms with E-state index in [1.54, 1.807) is 0 Å². The van der Waals surface area contributed by atoms with Gasteiger partial charge in [0, 0.05) is 23.7 Å².